The summed E-state index contributed by atoms with van der Waals surface area (Å²) < 4.78 is 0.759. The molecule has 0 unspecified atom stereocenters. The van der Waals surface area contributed by atoms with E-state index in [1.165, 1.54) is 4.90 Å². The number of nitrogens with two attached hydrogens (primary N) is 1. The molecule has 0 radical (unpaired) electrons. The first-order chi connectivity index (χ1) is 9.97. The van der Waals surface area contributed by atoms with Crippen LogP contribution in [0.5, 0.6) is 0 Å². The molecule has 4 nitrogen and oxygen atoms in total. The van der Waals surface area contributed by atoms with Gasteiger partial charge in [-0.3, -0.25) is 14.5 Å². The number of halogens is 2. The van der Waals surface area contributed by atoms with E-state index in [0.29, 0.717) is 27.4 Å². The average Bonchev–Trinajstić information content (AvgIpc) is 2.66. The number of hydrogen-bond acceptors (Lipinski definition) is 3. The number of nitrogen functional groups attached to an aromatic ring is 1. The van der Waals surface area contributed by atoms with Gasteiger partial charge in [0.2, 0.25) is 0 Å². The zero-order valence-electron chi connectivity index (χ0n) is 10.8. The van der Waals surface area contributed by atoms with Crippen LogP contribution in [0.2, 0.25) is 5.02 Å². The summed E-state index contributed by atoms with van der Waals surface area (Å²) in [7, 11) is 0. The summed E-state index contributed by atoms with van der Waals surface area (Å²) in [5, 5.41) is 0.516. The van der Waals surface area contributed by atoms with E-state index in [9.17, 15) is 9.59 Å². The molecule has 2 aromatic rings. The van der Waals surface area contributed by atoms with Crippen LogP contribution in [0, 0.1) is 0 Å². The van der Waals surface area contributed by atoms with Gasteiger partial charge in [0.15, 0.2) is 0 Å². The number of fused-ring (bicyclic) bond motifs is 1. The molecule has 3 rings (SSSR count). The van der Waals surface area contributed by atoms with Gasteiger partial charge in [-0.1, -0.05) is 33.6 Å². The number of rotatable bonds is 2. The van der Waals surface area contributed by atoms with Crippen LogP contribution < -0.4 is 5.73 Å². The van der Waals surface area contributed by atoms with Crippen molar-refractivity contribution in [1.29, 1.82) is 0 Å². The summed E-state index contributed by atoms with van der Waals surface area (Å²) in [5.41, 5.74) is 7.84. The van der Waals surface area contributed by atoms with Crippen LogP contribution in [-0.4, -0.2) is 16.7 Å². The third-order valence-electron chi connectivity index (χ3n) is 3.37. The fraction of sp³-hybridized carbons (Fsp3) is 0.0667. The van der Waals surface area contributed by atoms with Gasteiger partial charge in [-0.15, -0.1) is 0 Å². The quantitative estimate of drug-likeness (QED) is 0.654. The summed E-state index contributed by atoms with van der Waals surface area (Å²) in [6, 6.07) is 10.0. The van der Waals surface area contributed by atoms with Crippen molar-refractivity contribution in [3.05, 3.63) is 62.6 Å². The lowest BCUT2D eigenvalue weighted by Crippen LogP contribution is -2.29. The van der Waals surface area contributed by atoms with Crippen molar-refractivity contribution in [3.8, 4) is 0 Å². The highest BCUT2D eigenvalue weighted by atomic mass is 79.9. The Labute approximate surface area is 134 Å². The molecule has 0 aromatic heterocycles. The first kappa shape index (κ1) is 14.1. The zero-order chi connectivity index (χ0) is 15.1. The Morgan fingerprint density at radius 1 is 1.05 bits per heavy atom. The molecule has 0 aliphatic carbocycles. The van der Waals surface area contributed by atoms with Gasteiger partial charge in [0.25, 0.3) is 11.8 Å². The molecule has 0 atom stereocenters. The Balaban J connectivity index is 1.95. The highest BCUT2D eigenvalue weighted by Crippen LogP contribution is 2.28. The standard InChI is InChI=1S/C15H10BrClN2O2/c16-9-2-4-11-12(5-9)15(21)19(14(11)20)7-8-1-3-10(17)6-13(8)18/h1-6H,7,18H2. The van der Waals surface area contributed by atoms with Gasteiger partial charge in [-0.25, -0.2) is 0 Å². The molecule has 0 bridgehead atoms. The van der Waals surface area contributed by atoms with Crippen molar-refractivity contribution in [1.82, 2.24) is 4.90 Å². The monoisotopic (exact) mass is 364 g/mol. The minimum atomic E-state index is -0.314. The molecule has 0 fully saturated rings. The predicted molar refractivity (Wildman–Crippen MR) is 84.2 cm³/mol. The molecule has 21 heavy (non-hydrogen) atoms. The van der Waals surface area contributed by atoms with Crippen LogP contribution in [-0.2, 0) is 6.54 Å². The van der Waals surface area contributed by atoms with E-state index in [4.69, 9.17) is 17.3 Å². The number of imide groups is 1. The summed E-state index contributed by atoms with van der Waals surface area (Å²) >= 11 is 9.15. The predicted octanol–water partition coefficient (Wildman–Crippen LogP) is 3.48. The third kappa shape index (κ3) is 2.43. The van der Waals surface area contributed by atoms with Gasteiger partial charge in [0.1, 0.15) is 0 Å². The van der Waals surface area contributed by atoms with Crippen molar-refractivity contribution in [2.45, 2.75) is 6.54 Å². The highest BCUT2D eigenvalue weighted by molar-refractivity contribution is 9.10. The summed E-state index contributed by atoms with van der Waals surface area (Å²) in [6.07, 6.45) is 0. The summed E-state index contributed by atoms with van der Waals surface area (Å²) in [6.45, 7) is 0.132. The van der Waals surface area contributed by atoms with E-state index in [1.54, 1.807) is 36.4 Å². The Hall–Kier alpha value is -1.85. The second-order valence-electron chi connectivity index (χ2n) is 4.73. The van der Waals surface area contributed by atoms with E-state index in [2.05, 4.69) is 15.9 Å². The van der Waals surface area contributed by atoms with Gasteiger partial charge < -0.3 is 5.73 Å². The molecular formula is C15H10BrClN2O2. The van der Waals surface area contributed by atoms with Crippen LogP contribution in [0.1, 0.15) is 26.3 Å². The average molecular weight is 366 g/mol. The van der Waals surface area contributed by atoms with Crippen LogP contribution in [0.15, 0.2) is 40.9 Å². The Morgan fingerprint density at radius 3 is 2.48 bits per heavy atom. The number of anilines is 1. The summed E-state index contributed by atoms with van der Waals surface area (Å²) in [5.74, 6) is -0.623. The minimum Gasteiger partial charge on any atom is -0.398 e. The van der Waals surface area contributed by atoms with E-state index >= 15 is 0 Å². The molecular weight excluding hydrogens is 356 g/mol. The van der Waals surface area contributed by atoms with Crippen LogP contribution in [0.25, 0.3) is 0 Å². The Bertz CT molecular complexity index is 776. The van der Waals surface area contributed by atoms with Crippen LogP contribution in [0.4, 0.5) is 5.69 Å². The fourth-order valence-electron chi connectivity index (χ4n) is 2.29. The van der Waals surface area contributed by atoms with Crippen molar-refractivity contribution >= 4 is 45.0 Å². The van der Waals surface area contributed by atoms with E-state index in [0.717, 1.165) is 4.47 Å². The first-order valence-corrected chi connectivity index (χ1v) is 7.34. The molecule has 0 saturated carbocycles. The molecule has 1 aliphatic rings. The van der Waals surface area contributed by atoms with Crippen molar-refractivity contribution in [3.63, 3.8) is 0 Å². The van der Waals surface area contributed by atoms with Crippen molar-refractivity contribution < 1.29 is 9.59 Å². The summed E-state index contributed by atoms with van der Waals surface area (Å²) in [4.78, 5) is 25.9. The zero-order valence-corrected chi connectivity index (χ0v) is 13.1. The van der Waals surface area contributed by atoms with Gasteiger partial charge in [-0.2, -0.15) is 0 Å². The maximum Gasteiger partial charge on any atom is 0.261 e. The third-order valence-corrected chi connectivity index (χ3v) is 4.10. The Kier molecular flexibility index (Phi) is 3.47. The largest absolute Gasteiger partial charge is 0.398 e. The van der Waals surface area contributed by atoms with Gasteiger partial charge in [-0.05, 0) is 35.9 Å². The molecule has 6 heteroatoms. The molecule has 2 amide bonds. The van der Waals surface area contributed by atoms with E-state index in [1.807, 2.05) is 0 Å². The lowest BCUT2D eigenvalue weighted by Gasteiger charge is -2.15. The van der Waals surface area contributed by atoms with E-state index < -0.39 is 0 Å². The highest BCUT2D eigenvalue weighted by Gasteiger charge is 2.35. The normalized spacial score (nSPS) is 13.7. The second kappa shape index (κ2) is 5.16. The van der Waals surface area contributed by atoms with Gasteiger partial charge >= 0.3 is 0 Å². The first-order valence-electron chi connectivity index (χ1n) is 6.17. The van der Waals surface area contributed by atoms with E-state index in [-0.39, 0.29) is 18.4 Å². The smallest absolute Gasteiger partial charge is 0.261 e. The SMILES string of the molecule is Nc1cc(Cl)ccc1CN1C(=O)c2ccc(Br)cc2C1=O. The maximum absolute atomic E-state index is 12.4. The minimum absolute atomic E-state index is 0.132. The molecule has 106 valence electrons. The number of amides is 2. The van der Waals surface area contributed by atoms with Gasteiger partial charge in [0, 0.05) is 15.2 Å². The molecule has 1 heterocycles. The number of benzene rings is 2. The molecule has 2 N–H and O–H groups in total. The number of nitrogens with zero attached hydrogens (tertiary/aromatic N) is 1. The fourth-order valence-corrected chi connectivity index (χ4v) is 2.83. The number of hydrogen-bond donors (Lipinski definition) is 1. The Morgan fingerprint density at radius 2 is 1.76 bits per heavy atom. The maximum atomic E-state index is 12.4. The number of carbonyl (C=O) groups is 2. The van der Waals surface area contributed by atoms with Crippen molar-refractivity contribution in [2.75, 3.05) is 5.73 Å². The van der Waals surface area contributed by atoms with Crippen molar-refractivity contribution in [2.24, 2.45) is 0 Å². The molecule has 0 spiro atoms. The topological polar surface area (TPSA) is 63.4 Å². The molecule has 0 saturated heterocycles. The number of carbonyl (C=O) groups excluding carboxylic acids is 2. The van der Waals surface area contributed by atoms with Crippen LogP contribution >= 0.6 is 27.5 Å². The lowest BCUT2D eigenvalue weighted by atomic mass is 10.1. The second-order valence-corrected chi connectivity index (χ2v) is 6.08. The lowest BCUT2D eigenvalue weighted by molar-refractivity contribution is 0.0642. The molecule has 2 aromatic carbocycles. The molecule has 1 aliphatic heterocycles. The van der Waals surface area contributed by atoms with Crippen LogP contribution in [0.3, 0.4) is 0 Å². The van der Waals surface area contributed by atoms with Gasteiger partial charge in [0.05, 0.1) is 17.7 Å².